The van der Waals surface area contributed by atoms with Crippen LogP contribution in [0.4, 0.5) is 18.9 Å². The van der Waals surface area contributed by atoms with Crippen LogP contribution >= 0.6 is 15.9 Å². The molecule has 2 aliphatic heterocycles. The number of hydrogen-bond donors (Lipinski definition) is 0. The zero-order chi connectivity index (χ0) is 30.8. The van der Waals surface area contributed by atoms with Crippen molar-refractivity contribution in [1.29, 1.82) is 0 Å². The Morgan fingerprint density at radius 2 is 1.79 bits per heavy atom. The molecule has 7 nitrogen and oxygen atoms in total. The average Bonchev–Trinajstić information content (AvgIpc) is 3.44. The first-order valence-corrected chi connectivity index (χ1v) is 14.8. The summed E-state index contributed by atoms with van der Waals surface area (Å²) in [5.41, 5.74) is 0.822. The van der Waals surface area contributed by atoms with E-state index in [0.717, 1.165) is 23.3 Å². The normalized spacial score (nSPS) is 23.8. The molecule has 2 aliphatic rings. The van der Waals surface area contributed by atoms with Crippen molar-refractivity contribution in [2.75, 3.05) is 12.0 Å². The van der Waals surface area contributed by atoms with Crippen LogP contribution in [-0.2, 0) is 24.1 Å². The van der Waals surface area contributed by atoms with Crippen LogP contribution in [0.3, 0.4) is 0 Å². The second kappa shape index (κ2) is 12.6. The topological polar surface area (TPSA) is 69.9 Å². The number of piperidine rings is 1. The molecule has 0 bridgehead atoms. The van der Waals surface area contributed by atoms with E-state index in [0.29, 0.717) is 30.8 Å². The van der Waals surface area contributed by atoms with E-state index >= 15 is 0 Å². The quantitative estimate of drug-likeness (QED) is 0.248. The number of alkyl halides is 3. The van der Waals surface area contributed by atoms with E-state index in [1.807, 2.05) is 37.3 Å². The van der Waals surface area contributed by atoms with Crippen molar-refractivity contribution >= 4 is 33.7 Å². The first kappa shape index (κ1) is 30.9. The Kier molecular flexibility index (Phi) is 9.03. The monoisotopic (exact) mass is 655 g/mol. The van der Waals surface area contributed by atoms with Gasteiger partial charge in [-0.15, -0.1) is 5.10 Å². The van der Waals surface area contributed by atoms with Gasteiger partial charge in [0.15, 0.2) is 0 Å². The van der Waals surface area contributed by atoms with Crippen molar-refractivity contribution in [2.24, 2.45) is 21.4 Å². The molecule has 0 aliphatic carbocycles. The third-order valence-electron chi connectivity index (χ3n) is 8.29. The first-order chi connectivity index (χ1) is 20.5. The number of hydrogen-bond acceptors (Lipinski definition) is 6. The van der Waals surface area contributed by atoms with Gasteiger partial charge in [0, 0.05) is 29.0 Å². The standard InChI is InChI=1S/C32H33BrF3N5O2/c1-21-15-24(16-29(31(2)20-37-39-38-31)40(21)18-22-7-5-4-6-8-22)30(42)41(19-23-9-12-26(43-3)13-10-23)28-14-11-25(17-27(28)33)32(34,35)36/h4-14,17,20-21,24,29H,15-16,18-19H2,1-3H3/t21-,24?,29-,31?/m0/s1. The number of halogens is 4. The second-order valence-corrected chi connectivity index (χ2v) is 12.1. The minimum absolute atomic E-state index is 0.00723. The molecule has 3 aromatic carbocycles. The van der Waals surface area contributed by atoms with Crippen molar-refractivity contribution in [3.8, 4) is 5.75 Å². The van der Waals surface area contributed by atoms with Gasteiger partial charge < -0.3 is 9.64 Å². The van der Waals surface area contributed by atoms with Gasteiger partial charge in [-0.3, -0.25) is 9.69 Å². The van der Waals surface area contributed by atoms with Crippen molar-refractivity contribution < 1.29 is 22.7 Å². The smallest absolute Gasteiger partial charge is 0.416 e. The molecule has 1 fully saturated rings. The van der Waals surface area contributed by atoms with Crippen LogP contribution in [0.5, 0.6) is 5.75 Å². The fourth-order valence-electron chi connectivity index (χ4n) is 5.95. The van der Waals surface area contributed by atoms with Gasteiger partial charge in [0.25, 0.3) is 0 Å². The molecular formula is C32H33BrF3N5O2. The molecule has 5 rings (SSSR count). The van der Waals surface area contributed by atoms with Crippen LogP contribution in [-0.4, -0.2) is 41.8 Å². The van der Waals surface area contributed by atoms with Gasteiger partial charge in [-0.1, -0.05) is 42.5 Å². The van der Waals surface area contributed by atoms with E-state index in [9.17, 15) is 18.0 Å². The maximum Gasteiger partial charge on any atom is 0.416 e. The Hall–Kier alpha value is -3.57. The zero-order valence-corrected chi connectivity index (χ0v) is 25.7. The van der Waals surface area contributed by atoms with Crippen molar-refractivity contribution in [3.63, 3.8) is 0 Å². The summed E-state index contributed by atoms with van der Waals surface area (Å²) in [5.74, 6) is 0.0869. The molecule has 0 radical (unpaired) electrons. The summed E-state index contributed by atoms with van der Waals surface area (Å²) in [4.78, 5) is 18.4. The summed E-state index contributed by atoms with van der Waals surface area (Å²) in [7, 11) is 1.57. The Morgan fingerprint density at radius 3 is 2.40 bits per heavy atom. The highest BCUT2D eigenvalue weighted by Gasteiger charge is 2.47. The van der Waals surface area contributed by atoms with Crippen LogP contribution < -0.4 is 9.64 Å². The van der Waals surface area contributed by atoms with E-state index in [2.05, 4.69) is 55.3 Å². The zero-order valence-electron chi connectivity index (χ0n) is 24.1. The largest absolute Gasteiger partial charge is 0.497 e. The molecule has 0 N–H and O–H groups in total. The third-order valence-corrected chi connectivity index (χ3v) is 8.93. The fourth-order valence-corrected chi connectivity index (χ4v) is 6.55. The number of benzene rings is 3. The number of anilines is 1. The minimum Gasteiger partial charge on any atom is -0.497 e. The highest BCUT2D eigenvalue weighted by Crippen LogP contribution is 2.41. The van der Waals surface area contributed by atoms with Gasteiger partial charge in [-0.25, -0.2) is 0 Å². The molecule has 0 spiro atoms. The first-order valence-electron chi connectivity index (χ1n) is 14.1. The Balaban J connectivity index is 1.49. The molecule has 0 aromatic heterocycles. The number of carbonyl (C=O) groups is 1. The molecule has 2 unspecified atom stereocenters. The maximum absolute atomic E-state index is 14.5. The fraction of sp³-hybridized carbons (Fsp3) is 0.375. The molecule has 43 heavy (non-hydrogen) atoms. The molecule has 1 saturated heterocycles. The van der Waals surface area contributed by atoms with E-state index in [4.69, 9.17) is 4.74 Å². The Bertz CT molecular complexity index is 1490. The van der Waals surface area contributed by atoms with E-state index in [-0.39, 0.29) is 29.0 Å². The Labute approximate surface area is 257 Å². The lowest BCUT2D eigenvalue weighted by Crippen LogP contribution is -2.59. The lowest BCUT2D eigenvalue weighted by Gasteiger charge is -2.48. The minimum atomic E-state index is -4.51. The van der Waals surface area contributed by atoms with Crippen LogP contribution in [0.2, 0.25) is 0 Å². The van der Waals surface area contributed by atoms with Crippen molar-refractivity contribution in [3.05, 3.63) is 94.0 Å². The molecule has 2 heterocycles. The molecule has 4 atom stereocenters. The van der Waals surface area contributed by atoms with Crippen LogP contribution in [0.25, 0.3) is 0 Å². The predicted octanol–water partition coefficient (Wildman–Crippen LogP) is 7.89. The number of carbonyl (C=O) groups excluding carboxylic acids is 1. The highest BCUT2D eigenvalue weighted by atomic mass is 79.9. The molecule has 11 heteroatoms. The molecule has 0 saturated carbocycles. The van der Waals surface area contributed by atoms with Crippen molar-refractivity contribution in [1.82, 2.24) is 4.90 Å². The lowest BCUT2D eigenvalue weighted by molar-refractivity contribution is -0.137. The molecule has 3 aromatic rings. The lowest BCUT2D eigenvalue weighted by atomic mass is 9.77. The number of methoxy groups -OCH3 is 1. The number of likely N-dealkylation sites (tertiary alicyclic amines) is 1. The van der Waals surface area contributed by atoms with Gasteiger partial charge in [0.05, 0.1) is 31.1 Å². The number of ether oxygens (including phenoxy) is 1. The van der Waals surface area contributed by atoms with Gasteiger partial charge in [0.2, 0.25) is 5.91 Å². The van der Waals surface area contributed by atoms with Gasteiger partial charge in [0.1, 0.15) is 11.3 Å². The summed E-state index contributed by atoms with van der Waals surface area (Å²) >= 11 is 3.33. The van der Waals surface area contributed by atoms with Gasteiger partial charge in [-0.05, 0) is 89.3 Å². The van der Waals surface area contributed by atoms with E-state index in [1.165, 1.54) is 6.07 Å². The maximum atomic E-state index is 14.5. The predicted molar refractivity (Wildman–Crippen MR) is 163 cm³/mol. The number of rotatable bonds is 8. The molecule has 226 valence electrons. The van der Waals surface area contributed by atoms with Crippen LogP contribution in [0, 0.1) is 5.92 Å². The summed E-state index contributed by atoms with van der Waals surface area (Å²) in [5, 5.41) is 12.4. The van der Waals surface area contributed by atoms with Crippen molar-refractivity contribution in [2.45, 2.75) is 63.6 Å². The van der Waals surface area contributed by atoms with Crippen LogP contribution in [0.15, 0.2) is 92.7 Å². The SMILES string of the molecule is COc1ccc(CN(C(=O)C2C[C@@H](C3(C)C=NN=N3)N(Cc3ccccc3)[C@@H](C)C2)c2ccc(C(F)(F)F)cc2Br)cc1. The third kappa shape index (κ3) is 6.83. The van der Waals surface area contributed by atoms with E-state index in [1.54, 1.807) is 30.4 Å². The second-order valence-electron chi connectivity index (χ2n) is 11.3. The van der Waals surface area contributed by atoms with Crippen LogP contribution in [0.1, 0.15) is 43.4 Å². The number of amides is 1. The average molecular weight is 657 g/mol. The molecular weight excluding hydrogens is 623 g/mol. The molecule has 1 amide bonds. The summed E-state index contributed by atoms with van der Waals surface area (Å²) in [6, 6.07) is 20.6. The van der Waals surface area contributed by atoms with Gasteiger partial charge in [-0.2, -0.15) is 18.3 Å². The summed E-state index contributed by atoms with van der Waals surface area (Å²) in [6.45, 7) is 4.92. The number of nitrogens with zero attached hydrogens (tertiary/aromatic N) is 5. The summed E-state index contributed by atoms with van der Waals surface area (Å²) in [6.07, 6.45) is -1.72. The Morgan fingerprint density at radius 1 is 1.07 bits per heavy atom. The van der Waals surface area contributed by atoms with E-state index < -0.39 is 23.2 Å². The highest BCUT2D eigenvalue weighted by molar-refractivity contribution is 9.10. The van der Waals surface area contributed by atoms with Gasteiger partial charge >= 0.3 is 6.18 Å². The summed E-state index contributed by atoms with van der Waals surface area (Å²) < 4.78 is 45.9.